The summed E-state index contributed by atoms with van der Waals surface area (Å²) in [5, 5.41) is 9.30. The molecule has 0 atom stereocenters. The van der Waals surface area contributed by atoms with Gasteiger partial charge in [-0.05, 0) is 18.2 Å². The summed E-state index contributed by atoms with van der Waals surface area (Å²) in [4.78, 5) is 24.4. The number of amides is 1. The van der Waals surface area contributed by atoms with E-state index in [-0.39, 0.29) is 5.69 Å². The Morgan fingerprint density at radius 3 is 2.67 bits per heavy atom. The van der Waals surface area contributed by atoms with Gasteiger partial charge in [0.2, 0.25) is 5.91 Å². The predicted molar refractivity (Wildman–Crippen MR) is 53.8 cm³/mol. The standard InChI is InChI=1S/C10H8N2O3/c11-9(13)5-2-1-3-7-6(5)4-8(12-7)10(14)15/h1-4,12H,(H2,11,13)(H,14,15). The predicted octanol–water partition coefficient (Wildman–Crippen LogP) is 0.965. The van der Waals surface area contributed by atoms with E-state index in [0.29, 0.717) is 16.5 Å². The SMILES string of the molecule is NC(=O)c1cccc2[nH]c(C(=O)O)cc12. The summed E-state index contributed by atoms with van der Waals surface area (Å²) in [6.07, 6.45) is 0. The van der Waals surface area contributed by atoms with Crippen LogP contribution in [0.4, 0.5) is 0 Å². The Bertz CT molecular complexity index is 557. The largest absolute Gasteiger partial charge is 0.477 e. The van der Waals surface area contributed by atoms with E-state index in [4.69, 9.17) is 10.8 Å². The van der Waals surface area contributed by atoms with Crippen molar-refractivity contribution in [3.63, 3.8) is 0 Å². The molecule has 76 valence electrons. The zero-order valence-corrected chi connectivity index (χ0v) is 7.65. The van der Waals surface area contributed by atoms with Gasteiger partial charge in [0.1, 0.15) is 5.69 Å². The zero-order chi connectivity index (χ0) is 11.0. The minimum absolute atomic E-state index is 0.0405. The monoisotopic (exact) mass is 204 g/mol. The quantitative estimate of drug-likeness (QED) is 0.679. The van der Waals surface area contributed by atoms with Gasteiger partial charge in [-0.1, -0.05) is 6.07 Å². The van der Waals surface area contributed by atoms with Gasteiger partial charge in [0.15, 0.2) is 0 Å². The molecule has 1 aromatic heterocycles. The number of nitrogens with two attached hydrogens (primary N) is 1. The van der Waals surface area contributed by atoms with Crippen molar-refractivity contribution in [1.29, 1.82) is 0 Å². The molecule has 15 heavy (non-hydrogen) atoms. The number of benzene rings is 1. The first kappa shape index (κ1) is 9.26. The summed E-state index contributed by atoms with van der Waals surface area (Å²) in [6, 6.07) is 6.29. The van der Waals surface area contributed by atoms with Crippen LogP contribution in [-0.2, 0) is 0 Å². The van der Waals surface area contributed by atoms with Crippen molar-refractivity contribution in [2.24, 2.45) is 5.73 Å². The second-order valence-corrected chi connectivity index (χ2v) is 3.12. The molecule has 0 aliphatic heterocycles. The van der Waals surface area contributed by atoms with Crippen LogP contribution in [0.1, 0.15) is 20.8 Å². The summed E-state index contributed by atoms with van der Waals surface area (Å²) in [5.74, 6) is -1.64. The number of hydrogen-bond donors (Lipinski definition) is 3. The lowest BCUT2D eigenvalue weighted by Crippen LogP contribution is -2.10. The van der Waals surface area contributed by atoms with Gasteiger partial charge >= 0.3 is 5.97 Å². The van der Waals surface area contributed by atoms with Crippen molar-refractivity contribution in [2.45, 2.75) is 0 Å². The number of H-pyrrole nitrogens is 1. The number of nitrogens with one attached hydrogen (secondary N) is 1. The van der Waals surface area contributed by atoms with E-state index < -0.39 is 11.9 Å². The number of primary amides is 1. The first-order chi connectivity index (χ1) is 7.09. The Labute approximate surface area is 84.5 Å². The molecule has 1 aromatic carbocycles. The fraction of sp³-hybridized carbons (Fsp3) is 0. The average Bonchev–Trinajstić information content (AvgIpc) is 2.60. The van der Waals surface area contributed by atoms with Crippen LogP contribution in [0.2, 0.25) is 0 Å². The van der Waals surface area contributed by atoms with Crippen LogP contribution in [-0.4, -0.2) is 22.0 Å². The summed E-state index contributed by atoms with van der Waals surface area (Å²) in [6.45, 7) is 0. The number of fused-ring (bicyclic) bond motifs is 1. The Kier molecular flexibility index (Phi) is 1.93. The minimum atomic E-state index is -1.07. The van der Waals surface area contributed by atoms with Gasteiger partial charge in [0.05, 0.1) is 0 Å². The van der Waals surface area contributed by atoms with Gasteiger partial charge in [-0.25, -0.2) is 4.79 Å². The number of hydrogen-bond acceptors (Lipinski definition) is 2. The molecule has 0 aliphatic carbocycles. The Morgan fingerprint density at radius 1 is 1.33 bits per heavy atom. The van der Waals surface area contributed by atoms with Crippen LogP contribution in [0.25, 0.3) is 10.9 Å². The van der Waals surface area contributed by atoms with Crippen molar-refractivity contribution in [3.05, 3.63) is 35.5 Å². The highest BCUT2D eigenvalue weighted by Gasteiger charge is 2.12. The van der Waals surface area contributed by atoms with E-state index in [1.807, 2.05) is 0 Å². The molecule has 4 N–H and O–H groups in total. The maximum atomic E-state index is 11.1. The van der Waals surface area contributed by atoms with E-state index in [2.05, 4.69) is 4.98 Å². The molecule has 1 amide bonds. The summed E-state index contributed by atoms with van der Waals surface area (Å²) in [7, 11) is 0. The minimum Gasteiger partial charge on any atom is -0.477 e. The average molecular weight is 204 g/mol. The topological polar surface area (TPSA) is 96.2 Å². The van der Waals surface area contributed by atoms with Crippen LogP contribution in [0.3, 0.4) is 0 Å². The summed E-state index contributed by atoms with van der Waals surface area (Å²) < 4.78 is 0. The van der Waals surface area contributed by atoms with Crippen LogP contribution in [0.5, 0.6) is 0 Å². The molecule has 0 saturated carbocycles. The normalized spacial score (nSPS) is 10.4. The first-order valence-electron chi connectivity index (χ1n) is 4.24. The lowest BCUT2D eigenvalue weighted by molar-refractivity contribution is 0.0691. The van der Waals surface area contributed by atoms with Crippen LogP contribution in [0, 0.1) is 0 Å². The number of carbonyl (C=O) groups excluding carboxylic acids is 1. The molecule has 2 rings (SSSR count). The Morgan fingerprint density at radius 2 is 2.07 bits per heavy atom. The van der Waals surface area contributed by atoms with Crippen LogP contribution >= 0.6 is 0 Å². The highest BCUT2D eigenvalue weighted by Crippen LogP contribution is 2.19. The molecule has 0 spiro atoms. The van der Waals surface area contributed by atoms with E-state index in [9.17, 15) is 9.59 Å². The third kappa shape index (κ3) is 1.43. The smallest absolute Gasteiger partial charge is 0.352 e. The van der Waals surface area contributed by atoms with Crippen molar-refractivity contribution in [2.75, 3.05) is 0 Å². The maximum absolute atomic E-state index is 11.1. The number of carbonyl (C=O) groups is 2. The lowest BCUT2D eigenvalue weighted by atomic mass is 10.1. The molecule has 5 heteroatoms. The van der Waals surface area contributed by atoms with Gasteiger partial charge in [-0.15, -0.1) is 0 Å². The molecular weight excluding hydrogens is 196 g/mol. The van der Waals surface area contributed by atoms with Crippen molar-refractivity contribution in [3.8, 4) is 0 Å². The molecule has 0 radical (unpaired) electrons. The first-order valence-corrected chi connectivity index (χ1v) is 4.24. The molecule has 0 bridgehead atoms. The number of aromatic amines is 1. The Hall–Kier alpha value is -2.30. The second kappa shape index (κ2) is 3.13. The molecule has 0 fully saturated rings. The van der Waals surface area contributed by atoms with Gasteiger partial charge < -0.3 is 15.8 Å². The number of aromatic carboxylic acids is 1. The summed E-state index contributed by atoms with van der Waals surface area (Å²) in [5.41, 5.74) is 6.11. The van der Waals surface area contributed by atoms with E-state index in [1.54, 1.807) is 18.2 Å². The third-order valence-corrected chi connectivity index (χ3v) is 2.16. The zero-order valence-electron chi connectivity index (χ0n) is 7.65. The van der Waals surface area contributed by atoms with Crippen molar-refractivity contribution in [1.82, 2.24) is 4.98 Å². The summed E-state index contributed by atoms with van der Waals surface area (Å²) >= 11 is 0. The highest BCUT2D eigenvalue weighted by molar-refractivity contribution is 6.07. The molecular formula is C10H8N2O3. The van der Waals surface area contributed by atoms with Crippen LogP contribution in [0.15, 0.2) is 24.3 Å². The molecule has 1 heterocycles. The lowest BCUT2D eigenvalue weighted by Gasteiger charge is -1.95. The van der Waals surface area contributed by atoms with Crippen molar-refractivity contribution >= 4 is 22.8 Å². The Balaban J connectivity index is 2.75. The van der Waals surface area contributed by atoms with Crippen LogP contribution < -0.4 is 5.73 Å². The van der Waals surface area contributed by atoms with E-state index in [0.717, 1.165) is 0 Å². The molecule has 2 aromatic rings. The van der Waals surface area contributed by atoms with Gasteiger partial charge in [0, 0.05) is 16.5 Å². The number of carboxylic acids is 1. The highest BCUT2D eigenvalue weighted by atomic mass is 16.4. The van der Waals surface area contributed by atoms with Crippen molar-refractivity contribution < 1.29 is 14.7 Å². The van der Waals surface area contributed by atoms with Gasteiger partial charge in [-0.2, -0.15) is 0 Å². The number of aromatic nitrogens is 1. The number of rotatable bonds is 2. The molecule has 0 saturated heterocycles. The van der Waals surface area contributed by atoms with Gasteiger partial charge in [-0.3, -0.25) is 4.79 Å². The van der Waals surface area contributed by atoms with E-state index in [1.165, 1.54) is 6.07 Å². The number of carboxylic acid groups (broad SMARTS) is 1. The fourth-order valence-corrected chi connectivity index (χ4v) is 1.49. The second-order valence-electron chi connectivity index (χ2n) is 3.12. The van der Waals surface area contributed by atoms with E-state index >= 15 is 0 Å². The third-order valence-electron chi connectivity index (χ3n) is 2.16. The molecule has 0 unspecified atom stereocenters. The maximum Gasteiger partial charge on any atom is 0.352 e. The fourth-order valence-electron chi connectivity index (χ4n) is 1.49. The molecule has 5 nitrogen and oxygen atoms in total. The molecule has 0 aliphatic rings. The van der Waals surface area contributed by atoms with Gasteiger partial charge in [0.25, 0.3) is 0 Å².